The van der Waals surface area contributed by atoms with Crippen LogP contribution in [-0.2, 0) is 14.8 Å². The standard InChI is InChI=1S/C10H15ClN4O3S/c1-7(2)9(16)12-3-4-15-19(17,18)8-5-13-10(11)14-6-8/h5-7,15H,3-4H2,1-2H3,(H,12,16). The van der Waals surface area contributed by atoms with Gasteiger partial charge in [-0.2, -0.15) is 0 Å². The molecule has 19 heavy (non-hydrogen) atoms. The molecule has 0 unspecified atom stereocenters. The quantitative estimate of drug-likeness (QED) is 0.577. The molecule has 0 bridgehead atoms. The summed E-state index contributed by atoms with van der Waals surface area (Å²) in [6, 6.07) is 0. The summed E-state index contributed by atoms with van der Waals surface area (Å²) in [5, 5.41) is 2.57. The SMILES string of the molecule is CC(C)C(=O)NCCNS(=O)(=O)c1cnc(Cl)nc1. The highest BCUT2D eigenvalue weighted by Gasteiger charge is 2.14. The number of aromatic nitrogens is 2. The monoisotopic (exact) mass is 306 g/mol. The molecule has 1 aromatic rings. The highest BCUT2D eigenvalue weighted by molar-refractivity contribution is 7.89. The van der Waals surface area contributed by atoms with Crippen LogP contribution in [0, 0.1) is 5.92 Å². The maximum Gasteiger partial charge on any atom is 0.243 e. The normalized spacial score (nSPS) is 11.6. The van der Waals surface area contributed by atoms with Crippen molar-refractivity contribution in [3.05, 3.63) is 17.7 Å². The Labute approximate surface area is 116 Å². The van der Waals surface area contributed by atoms with Crippen molar-refractivity contribution in [1.82, 2.24) is 20.0 Å². The van der Waals surface area contributed by atoms with Gasteiger partial charge in [0.05, 0.1) is 12.4 Å². The average Bonchev–Trinajstić information content (AvgIpc) is 2.34. The number of carbonyl (C=O) groups is 1. The Morgan fingerprint density at radius 1 is 1.32 bits per heavy atom. The minimum atomic E-state index is -3.68. The third kappa shape index (κ3) is 5.09. The smallest absolute Gasteiger partial charge is 0.243 e. The molecule has 0 radical (unpaired) electrons. The van der Waals surface area contributed by atoms with Crippen molar-refractivity contribution in [2.45, 2.75) is 18.7 Å². The maximum atomic E-state index is 11.8. The Morgan fingerprint density at radius 2 is 1.89 bits per heavy atom. The molecule has 0 aliphatic heterocycles. The van der Waals surface area contributed by atoms with Gasteiger partial charge in [-0.05, 0) is 11.6 Å². The van der Waals surface area contributed by atoms with E-state index in [1.165, 1.54) is 0 Å². The molecule has 2 N–H and O–H groups in total. The zero-order valence-corrected chi connectivity index (χ0v) is 12.1. The van der Waals surface area contributed by atoms with Crippen molar-refractivity contribution >= 4 is 27.5 Å². The van der Waals surface area contributed by atoms with Crippen molar-refractivity contribution in [3.63, 3.8) is 0 Å². The predicted molar refractivity (Wildman–Crippen MR) is 70.1 cm³/mol. The first kappa shape index (κ1) is 15.8. The molecule has 7 nitrogen and oxygen atoms in total. The number of carbonyl (C=O) groups excluding carboxylic acids is 1. The molecular weight excluding hydrogens is 292 g/mol. The number of sulfonamides is 1. The van der Waals surface area contributed by atoms with Crippen LogP contribution < -0.4 is 10.0 Å². The molecule has 0 saturated carbocycles. The molecule has 1 aromatic heterocycles. The lowest BCUT2D eigenvalue weighted by atomic mass is 10.2. The van der Waals surface area contributed by atoms with Gasteiger partial charge in [-0.15, -0.1) is 0 Å². The summed E-state index contributed by atoms with van der Waals surface area (Å²) >= 11 is 5.47. The number of amides is 1. The summed E-state index contributed by atoms with van der Waals surface area (Å²) in [6.45, 7) is 3.81. The van der Waals surface area contributed by atoms with Crippen LogP contribution in [0.2, 0.25) is 5.28 Å². The molecule has 0 spiro atoms. The van der Waals surface area contributed by atoms with Gasteiger partial charge < -0.3 is 5.32 Å². The Bertz CT molecular complexity index is 530. The highest BCUT2D eigenvalue weighted by atomic mass is 35.5. The van der Waals surface area contributed by atoms with Crippen LogP contribution in [0.15, 0.2) is 17.3 Å². The Kier molecular flexibility index (Phi) is 5.64. The number of nitrogens with zero attached hydrogens (tertiary/aromatic N) is 2. The second kappa shape index (κ2) is 6.78. The van der Waals surface area contributed by atoms with Gasteiger partial charge in [-0.3, -0.25) is 4.79 Å². The summed E-state index contributed by atoms with van der Waals surface area (Å²) in [5.41, 5.74) is 0. The van der Waals surface area contributed by atoms with Crippen LogP contribution in [0.1, 0.15) is 13.8 Å². The Hall–Kier alpha value is -1.25. The van der Waals surface area contributed by atoms with Crippen molar-refractivity contribution in [3.8, 4) is 0 Å². The topological polar surface area (TPSA) is 101 Å². The molecule has 0 aliphatic rings. The molecule has 1 amide bonds. The van der Waals surface area contributed by atoms with Gasteiger partial charge in [0.2, 0.25) is 21.2 Å². The second-order valence-electron chi connectivity index (χ2n) is 4.03. The summed E-state index contributed by atoms with van der Waals surface area (Å²) < 4.78 is 25.9. The van der Waals surface area contributed by atoms with Gasteiger partial charge in [-0.1, -0.05) is 13.8 Å². The molecule has 1 rings (SSSR count). The predicted octanol–water partition coefficient (Wildman–Crippen LogP) is 0.180. The Morgan fingerprint density at radius 3 is 2.42 bits per heavy atom. The molecule has 0 aromatic carbocycles. The van der Waals surface area contributed by atoms with Gasteiger partial charge in [0.15, 0.2) is 0 Å². The number of hydrogen-bond donors (Lipinski definition) is 2. The highest BCUT2D eigenvalue weighted by Crippen LogP contribution is 2.06. The molecule has 0 saturated heterocycles. The van der Waals surface area contributed by atoms with Gasteiger partial charge in [0.1, 0.15) is 4.90 Å². The minimum absolute atomic E-state index is 0.0249. The second-order valence-corrected chi connectivity index (χ2v) is 6.14. The number of nitrogens with one attached hydrogen (secondary N) is 2. The number of hydrogen-bond acceptors (Lipinski definition) is 5. The fraction of sp³-hybridized carbons (Fsp3) is 0.500. The maximum absolute atomic E-state index is 11.8. The summed E-state index contributed by atoms with van der Waals surface area (Å²) in [5.74, 6) is -0.268. The van der Waals surface area contributed by atoms with Gasteiger partial charge in [0.25, 0.3) is 0 Å². The van der Waals surface area contributed by atoms with Crippen LogP contribution in [0.5, 0.6) is 0 Å². The zero-order valence-electron chi connectivity index (χ0n) is 10.6. The minimum Gasteiger partial charge on any atom is -0.355 e. The molecule has 9 heteroatoms. The Balaban J connectivity index is 2.48. The van der Waals surface area contributed by atoms with E-state index < -0.39 is 10.0 Å². The lowest BCUT2D eigenvalue weighted by Crippen LogP contribution is -2.36. The molecule has 0 atom stereocenters. The summed E-state index contributed by atoms with van der Waals surface area (Å²) in [6.07, 6.45) is 2.23. The van der Waals surface area contributed by atoms with Crippen LogP contribution in [0.25, 0.3) is 0 Å². The first-order valence-corrected chi connectivity index (χ1v) is 7.44. The molecule has 1 heterocycles. The fourth-order valence-electron chi connectivity index (χ4n) is 1.10. The molecule has 0 aliphatic carbocycles. The molecular formula is C10H15ClN4O3S. The lowest BCUT2D eigenvalue weighted by Gasteiger charge is -2.09. The van der Waals surface area contributed by atoms with Gasteiger partial charge in [-0.25, -0.2) is 23.1 Å². The number of halogens is 1. The largest absolute Gasteiger partial charge is 0.355 e. The van der Waals surface area contributed by atoms with E-state index in [2.05, 4.69) is 20.0 Å². The van der Waals surface area contributed by atoms with Crippen molar-refractivity contribution in [1.29, 1.82) is 0 Å². The van der Waals surface area contributed by atoms with Crippen molar-refractivity contribution in [2.75, 3.05) is 13.1 Å². The van der Waals surface area contributed by atoms with Crippen LogP contribution in [0.3, 0.4) is 0 Å². The van der Waals surface area contributed by atoms with E-state index in [4.69, 9.17) is 11.6 Å². The fourth-order valence-corrected chi connectivity index (χ4v) is 2.12. The van der Waals surface area contributed by atoms with Crippen LogP contribution >= 0.6 is 11.6 Å². The van der Waals surface area contributed by atoms with E-state index in [1.54, 1.807) is 13.8 Å². The molecule has 106 valence electrons. The van der Waals surface area contributed by atoms with Crippen LogP contribution in [-0.4, -0.2) is 37.4 Å². The van der Waals surface area contributed by atoms with Crippen LogP contribution in [0.4, 0.5) is 0 Å². The van der Waals surface area contributed by atoms with Crippen molar-refractivity contribution < 1.29 is 13.2 Å². The third-order valence-corrected chi connectivity index (χ3v) is 3.76. The first-order valence-electron chi connectivity index (χ1n) is 5.58. The van der Waals surface area contributed by atoms with Crippen molar-refractivity contribution in [2.24, 2.45) is 5.92 Å². The average molecular weight is 307 g/mol. The van der Waals surface area contributed by atoms with Gasteiger partial charge >= 0.3 is 0 Å². The molecule has 0 fully saturated rings. The van der Waals surface area contributed by atoms with E-state index in [-0.39, 0.29) is 35.1 Å². The number of rotatable bonds is 6. The van der Waals surface area contributed by atoms with E-state index >= 15 is 0 Å². The lowest BCUT2D eigenvalue weighted by molar-refractivity contribution is -0.123. The third-order valence-electron chi connectivity index (χ3n) is 2.15. The van der Waals surface area contributed by atoms with E-state index in [0.29, 0.717) is 0 Å². The van der Waals surface area contributed by atoms with E-state index in [9.17, 15) is 13.2 Å². The van der Waals surface area contributed by atoms with E-state index in [0.717, 1.165) is 12.4 Å². The van der Waals surface area contributed by atoms with E-state index in [1.807, 2.05) is 0 Å². The zero-order chi connectivity index (χ0) is 14.5. The summed E-state index contributed by atoms with van der Waals surface area (Å²) in [7, 11) is -3.68. The van der Waals surface area contributed by atoms with Gasteiger partial charge in [0, 0.05) is 19.0 Å². The first-order chi connectivity index (χ1) is 8.83. The summed E-state index contributed by atoms with van der Waals surface area (Å²) in [4.78, 5) is 18.4.